The third-order valence-corrected chi connectivity index (χ3v) is 2.50. The smallest absolute Gasteiger partial charge is 0.162 e. The van der Waals surface area contributed by atoms with Crippen LogP contribution in [0, 0.1) is 6.92 Å². The van der Waals surface area contributed by atoms with Gasteiger partial charge < -0.3 is 0 Å². The number of aromatic nitrogens is 2. The molecule has 0 radical (unpaired) electrons. The largest absolute Gasteiger partial charge is 0.294 e. The molecule has 0 atom stereocenters. The molecular weight excluding hydrogens is 200 g/mol. The molecular formula is C13H14N2O. The molecule has 0 amide bonds. The maximum absolute atomic E-state index is 11.1. The predicted molar refractivity (Wildman–Crippen MR) is 62.5 cm³/mol. The van der Waals surface area contributed by atoms with Crippen LogP contribution in [-0.2, 0) is 6.54 Å². The van der Waals surface area contributed by atoms with Crippen LogP contribution in [0.2, 0.25) is 0 Å². The van der Waals surface area contributed by atoms with Crippen molar-refractivity contribution >= 4 is 5.78 Å². The summed E-state index contributed by atoms with van der Waals surface area (Å²) in [7, 11) is 0. The van der Waals surface area contributed by atoms with E-state index in [9.17, 15) is 4.79 Å². The minimum Gasteiger partial charge on any atom is -0.294 e. The van der Waals surface area contributed by atoms with Crippen LogP contribution in [0.15, 0.2) is 36.7 Å². The molecule has 16 heavy (non-hydrogen) atoms. The Morgan fingerprint density at radius 1 is 1.31 bits per heavy atom. The number of rotatable bonds is 3. The molecule has 1 heterocycles. The van der Waals surface area contributed by atoms with Gasteiger partial charge in [0, 0.05) is 6.20 Å². The molecule has 1 aromatic carbocycles. The average molecular weight is 214 g/mol. The van der Waals surface area contributed by atoms with Crippen molar-refractivity contribution in [1.29, 1.82) is 0 Å². The van der Waals surface area contributed by atoms with Crippen LogP contribution in [0.1, 0.15) is 28.4 Å². The van der Waals surface area contributed by atoms with E-state index in [1.54, 1.807) is 24.0 Å². The van der Waals surface area contributed by atoms with Gasteiger partial charge in [-0.15, -0.1) is 0 Å². The molecule has 0 spiro atoms. The lowest BCUT2D eigenvalue weighted by molar-refractivity contribution is 0.101. The quantitative estimate of drug-likeness (QED) is 0.735. The zero-order chi connectivity index (χ0) is 11.5. The van der Waals surface area contributed by atoms with Crippen LogP contribution < -0.4 is 0 Å². The van der Waals surface area contributed by atoms with Gasteiger partial charge in [0.1, 0.15) is 0 Å². The number of aryl methyl sites for hydroxylation is 1. The second kappa shape index (κ2) is 4.31. The summed E-state index contributed by atoms with van der Waals surface area (Å²) < 4.78 is 1.78. The van der Waals surface area contributed by atoms with E-state index in [0.29, 0.717) is 12.1 Å². The normalized spacial score (nSPS) is 10.4. The van der Waals surface area contributed by atoms with E-state index >= 15 is 0 Å². The van der Waals surface area contributed by atoms with Gasteiger partial charge in [-0.1, -0.05) is 29.8 Å². The van der Waals surface area contributed by atoms with Crippen LogP contribution in [0.5, 0.6) is 0 Å². The molecule has 0 aliphatic heterocycles. The molecule has 0 saturated carbocycles. The molecule has 0 unspecified atom stereocenters. The first-order valence-corrected chi connectivity index (χ1v) is 5.24. The maximum atomic E-state index is 11.1. The van der Waals surface area contributed by atoms with E-state index in [1.807, 2.05) is 0 Å². The van der Waals surface area contributed by atoms with Gasteiger partial charge >= 0.3 is 0 Å². The standard InChI is InChI=1S/C13H14N2O/c1-10-3-5-12(6-4-10)8-15-9-13(7-14-15)11(2)16/h3-7,9H,8H2,1-2H3. The number of carbonyl (C=O) groups excluding carboxylic acids is 1. The van der Waals surface area contributed by atoms with Crippen molar-refractivity contribution in [3.8, 4) is 0 Å². The first-order chi connectivity index (χ1) is 7.65. The highest BCUT2D eigenvalue weighted by Gasteiger charge is 2.03. The Bertz CT molecular complexity index is 497. The Morgan fingerprint density at radius 3 is 2.56 bits per heavy atom. The lowest BCUT2D eigenvalue weighted by Gasteiger charge is -2.01. The maximum Gasteiger partial charge on any atom is 0.162 e. The lowest BCUT2D eigenvalue weighted by Crippen LogP contribution is -1.99. The Hall–Kier alpha value is -1.90. The first-order valence-electron chi connectivity index (χ1n) is 5.24. The number of ketones is 1. The molecule has 0 aliphatic rings. The molecule has 0 saturated heterocycles. The monoisotopic (exact) mass is 214 g/mol. The molecule has 3 heteroatoms. The van der Waals surface area contributed by atoms with Gasteiger partial charge in [-0.25, -0.2) is 0 Å². The van der Waals surface area contributed by atoms with Gasteiger partial charge in [-0.05, 0) is 19.4 Å². The molecule has 2 aromatic rings. The lowest BCUT2D eigenvalue weighted by atomic mass is 10.1. The van der Waals surface area contributed by atoms with Gasteiger partial charge in [0.15, 0.2) is 5.78 Å². The third-order valence-electron chi connectivity index (χ3n) is 2.50. The van der Waals surface area contributed by atoms with Crippen LogP contribution in [0.4, 0.5) is 0 Å². The van der Waals surface area contributed by atoms with E-state index in [2.05, 4.69) is 36.3 Å². The van der Waals surface area contributed by atoms with E-state index in [4.69, 9.17) is 0 Å². The fourth-order valence-corrected chi connectivity index (χ4v) is 1.51. The molecule has 3 nitrogen and oxygen atoms in total. The molecule has 0 fully saturated rings. The van der Waals surface area contributed by atoms with Gasteiger partial charge in [0.25, 0.3) is 0 Å². The number of nitrogens with zero attached hydrogens (tertiary/aromatic N) is 2. The third kappa shape index (κ3) is 2.37. The predicted octanol–water partition coefficient (Wildman–Crippen LogP) is 2.44. The van der Waals surface area contributed by atoms with Gasteiger partial charge in [-0.3, -0.25) is 9.48 Å². The Labute approximate surface area is 94.7 Å². The second-order valence-corrected chi connectivity index (χ2v) is 3.97. The van der Waals surface area contributed by atoms with E-state index < -0.39 is 0 Å². The van der Waals surface area contributed by atoms with E-state index in [0.717, 1.165) is 0 Å². The summed E-state index contributed by atoms with van der Waals surface area (Å²) in [5.74, 6) is 0.0511. The number of carbonyl (C=O) groups is 1. The molecule has 2 rings (SSSR count). The summed E-state index contributed by atoms with van der Waals surface area (Å²) in [6.45, 7) is 4.31. The highest BCUT2D eigenvalue weighted by atomic mass is 16.1. The van der Waals surface area contributed by atoms with E-state index in [1.165, 1.54) is 11.1 Å². The number of Topliss-reactive ketones (excluding diaryl/α,β-unsaturated/α-hetero) is 1. The Morgan fingerprint density at radius 2 is 2.00 bits per heavy atom. The van der Waals surface area contributed by atoms with Gasteiger partial charge in [-0.2, -0.15) is 5.10 Å². The molecule has 0 N–H and O–H groups in total. The van der Waals surface area contributed by atoms with Crippen molar-refractivity contribution in [2.45, 2.75) is 20.4 Å². The highest BCUT2D eigenvalue weighted by molar-refractivity contribution is 5.93. The highest BCUT2D eigenvalue weighted by Crippen LogP contribution is 2.06. The van der Waals surface area contributed by atoms with Crippen molar-refractivity contribution < 1.29 is 4.79 Å². The topological polar surface area (TPSA) is 34.9 Å². The summed E-state index contributed by atoms with van der Waals surface area (Å²) >= 11 is 0. The zero-order valence-electron chi connectivity index (χ0n) is 9.47. The van der Waals surface area contributed by atoms with Crippen LogP contribution in [0.25, 0.3) is 0 Å². The van der Waals surface area contributed by atoms with Crippen molar-refractivity contribution in [3.63, 3.8) is 0 Å². The number of hydrogen-bond donors (Lipinski definition) is 0. The number of hydrogen-bond acceptors (Lipinski definition) is 2. The van der Waals surface area contributed by atoms with Crippen LogP contribution >= 0.6 is 0 Å². The summed E-state index contributed by atoms with van der Waals surface area (Å²) in [6.07, 6.45) is 3.39. The molecule has 0 aliphatic carbocycles. The minimum absolute atomic E-state index is 0.0511. The SMILES string of the molecule is CC(=O)c1cnn(Cc2ccc(C)cc2)c1. The van der Waals surface area contributed by atoms with Crippen molar-refractivity contribution in [2.24, 2.45) is 0 Å². The van der Waals surface area contributed by atoms with Gasteiger partial charge in [0.05, 0.1) is 18.3 Å². The summed E-state index contributed by atoms with van der Waals surface area (Å²) in [6, 6.07) is 8.30. The molecule has 82 valence electrons. The van der Waals surface area contributed by atoms with Crippen molar-refractivity contribution in [1.82, 2.24) is 9.78 Å². The zero-order valence-corrected chi connectivity index (χ0v) is 9.47. The fourth-order valence-electron chi connectivity index (χ4n) is 1.51. The summed E-state index contributed by atoms with van der Waals surface area (Å²) in [5.41, 5.74) is 3.09. The van der Waals surface area contributed by atoms with Crippen molar-refractivity contribution in [3.05, 3.63) is 53.3 Å². The second-order valence-electron chi connectivity index (χ2n) is 3.97. The minimum atomic E-state index is 0.0511. The molecule has 1 aromatic heterocycles. The Balaban J connectivity index is 2.14. The van der Waals surface area contributed by atoms with Crippen LogP contribution in [0.3, 0.4) is 0 Å². The van der Waals surface area contributed by atoms with Crippen molar-refractivity contribution in [2.75, 3.05) is 0 Å². The Kier molecular flexibility index (Phi) is 2.86. The average Bonchev–Trinajstić information content (AvgIpc) is 2.70. The van der Waals surface area contributed by atoms with E-state index in [-0.39, 0.29) is 5.78 Å². The fraction of sp³-hybridized carbons (Fsp3) is 0.231. The molecule has 0 bridgehead atoms. The van der Waals surface area contributed by atoms with Crippen LogP contribution in [-0.4, -0.2) is 15.6 Å². The van der Waals surface area contributed by atoms with Gasteiger partial charge in [0.2, 0.25) is 0 Å². The summed E-state index contributed by atoms with van der Waals surface area (Å²) in [5, 5.41) is 4.15. The summed E-state index contributed by atoms with van der Waals surface area (Å²) in [4.78, 5) is 11.1. The first kappa shape index (κ1) is 10.6. The number of benzene rings is 1.